The van der Waals surface area contributed by atoms with Crippen LogP contribution in [0.5, 0.6) is 0 Å². The van der Waals surface area contributed by atoms with Crippen LogP contribution in [0.3, 0.4) is 0 Å². The first-order valence-electron chi connectivity index (χ1n) is 9.53. The van der Waals surface area contributed by atoms with Gasteiger partial charge in [0.05, 0.1) is 18.5 Å². The maximum Gasteiger partial charge on any atom is 0.195 e. The van der Waals surface area contributed by atoms with Crippen LogP contribution in [0.4, 0.5) is 0 Å². The van der Waals surface area contributed by atoms with Crippen LogP contribution in [0.1, 0.15) is 17.0 Å². The molecular formula is C19H20BrN7O4S. The summed E-state index contributed by atoms with van der Waals surface area (Å²) in [6, 6.07) is 5.53. The summed E-state index contributed by atoms with van der Waals surface area (Å²) in [5, 5.41) is 44.1. The third kappa shape index (κ3) is 3.53. The van der Waals surface area contributed by atoms with Crippen molar-refractivity contribution in [3.05, 3.63) is 52.1 Å². The topological polar surface area (TPSA) is 144 Å². The lowest BCUT2D eigenvalue weighted by atomic mass is 9.75. The minimum absolute atomic E-state index is 0.0420. The minimum Gasteiger partial charge on any atom is -0.394 e. The normalized spacial score (nSPS) is 27.9. The molecule has 3 aromatic rings. The molecule has 32 heavy (non-hydrogen) atoms. The van der Waals surface area contributed by atoms with Crippen molar-refractivity contribution in [3.63, 3.8) is 0 Å². The number of hydrogen-bond donors (Lipinski definition) is 3. The maximum absolute atomic E-state index is 11.5. The van der Waals surface area contributed by atoms with Crippen molar-refractivity contribution in [1.29, 1.82) is 5.26 Å². The van der Waals surface area contributed by atoms with Crippen molar-refractivity contribution in [2.45, 2.75) is 36.2 Å². The van der Waals surface area contributed by atoms with E-state index in [0.717, 1.165) is 5.69 Å². The predicted molar refractivity (Wildman–Crippen MR) is 117 cm³/mol. The molecule has 0 aliphatic carbocycles. The smallest absolute Gasteiger partial charge is 0.195 e. The van der Waals surface area contributed by atoms with Gasteiger partial charge in [-0.05, 0) is 35.0 Å². The molecule has 3 aromatic heterocycles. The Morgan fingerprint density at radius 3 is 2.88 bits per heavy atom. The van der Waals surface area contributed by atoms with Gasteiger partial charge in [0.2, 0.25) is 0 Å². The number of methoxy groups -OCH3 is 1. The van der Waals surface area contributed by atoms with Crippen LogP contribution in [-0.4, -0.2) is 77.4 Å². The highest BCUT2D eigenvalue weighted by Gasteiger charge is 2.60. The van der Waals surface area contributed by atoms with Gasteiger partial charge >= 0.3 is 0 Å². The summed E-state index contributed by atoms with van der Waals surface area (Å²) in [6.45, 7) is 1.34. The second-order valence-corrected chi connectivity index (χ2v) is 8.68. The van der Waals surface area contributed by atoms with E-state index in [1.807, 2.05) is 13.0 Å². The first kappa shape index (κ1) is 22.8. The number of thiol groups is 1. The van der Waals surface area contributed by atoms with E-state index in [1.54, 1.807) is 18.5 Å². The summed E-state index contributed by atoms with van der Waals surface area (Å²) in [5.74, 6) is 0.378. The molecular weight excluding hydrogens is 502 g/mol. The lowest BCUT2D eigenvalue weighted by Crippen LogP contribution is -2.68. The Kier molecular flexibility index (Phi) is 6.35. The van der Waals surface area contributed by atoms with Crippen LogP contribution in [0.25, 0.3) is 5.82 Å². The Morgan fingerprint density at radius 1 is 1.47 bits per heavy atom. The monoisotopic (exact) mass is 521 g/mol. The molecule has 13 heteroatoms. The molecule has 0 radical (unpaired) electrons. The van der Waals surface area contributed by atoms with Gasteiger partial charge in [0.25, 0.3) is 0 Å². The zero-order valence-corrected chi connectivity index (χ0v) is 19.6. The molecule has 11 nitrogen and oxygen atoms in total. The van der Waals surface area contributed by atoms with Crippen molar-refractivity contribution in [1.82, 2.24) is 29.8 Å². The van der Waals surface area contributed by atoms with Crippen molar-refractivity contribution < 1.29 is 19.7 Å². The van der Waals surface area contributed by atoms with Crippen molar-refractivity contribution in [3.8, 4) is 11.9 Å². The van der Waals surface area contributed by atoms with Gasteiger partial charge in [-0.25, -0.2) is 14.3 Å². The number of aryl methyl sites for hydroxylation is 1. The van der Waals surface area contributed by atoms with E-state index in [0.29, 0.717) is 15.9 Å². The van der Waals surface area contributed by atoms with E-state index in [2.05, 4.69) is 55.0 Å². The lowest BCUT2D eigenvalue weighted by Gasteiger charge is -2.51. The third-order valence-corrected chi connectivity index (χ3v) is 6.28. The SMILES string of the molecule is CO[C@@H]1[C@H](S)O[C@@H](CO)[C@@H](O)[C@@]1(c1cc(Br)cnc1C#N)n1cc(-n2ccc(C)n2)nn1. The number of aliphatic hydroxyl groups excluding tert-OH is 2. The molecule has 0 unspecified atom stereocenters. The summed E-state index contributed by atoms with van der Waals surface area (Å²) < 4.78 is 14.9. The van der Waals surface area contributed by atoms with Gasteiger partial charge in [0, 0.05) is 29.5 Å². The Morgan fingerprint density at radius 2 is 2.25 bits per heavy atom. The van der Waals surface area contributed by atoms with Crippen LogP contribution in [0.15, 0.2) is 35.2 Å². The van der Waals surface area contributed by atoms with Crippen LogP contribution in [0, 0.1) is 18.3 Å². The van der Waals surface area contributed by atoms with Crippen LogP contribution in [-0.2, 0) is 15.0 Å². The molecule has 1 aliphatic heterocycles. The molecule has 2 N–H and O–H groups in total. The minimum atomic E-state index is -1.57. The molecule has 0 amide bonds. The summed E-state index contributed by atoms with van der Waals surface area (Å²) in [7, 11) is 1.43. The van der Waals surface area contributed by atoms with Gasteiger partial charge in [-0.1, -0.05) is 5.21 Å². The Hall–Kier alpha value is -2.34. The Balaban J connectivity index is 2.03. The number of rotatable bonds is 5. The van der Waals surface area contributed by atoms with Gasteiger partial charge in [-0.3, -0.25) is 0 Å². The number of nitriles is 1. The molecule has 0 aromatic carbocycles. The molecule has 1 saturated heterocycles. The molecule has 1 fully saturated rings. The third-order valence-electron chi connectivity index (χ3n) is 5.45. The highest BCUT2D eigenvalue weighted by atomic mass is 79.9. The summed E-state index contributed by atoms with van der Waals surface area (Å²) >= 11 is 7.90. The summed E-state index contributed by atoms with van der Waals surface area (Å²) in [4.78, 5) is 4.21. The number of ether oxygens (including phenoxy) is 2. The zero-order valence-electron chi connectivity index (χ0n) is 17.1. The van der Waals surface area contributed by atoms with Gasteiger partial charge in [0.1, 0.15) is 41.0 Å². The summed E-state index contributed by atoms with van der Waals surface area (Å²) in [6.07, 6.45) is 1.38. The number of aromatic nitrogens is 6. The standard InChI is InChI=1S/C19H20BrN7O4S/c1-10-3-4-26(24-10)15-8-27(25-23-15)19(12-5-11(20)7-22-13(12)6-21)16(29)14(9-28)31-18(32)17(19)30-2/h3-5,7-8,14,16-18,28-29,32H,9H2,1-2H3/t14-,16+,17+,18-,19+/m0/s1. The van der Waals surface area contributed by atoms with Crippen molar-refractivity contribution >= 4 is 28.6 Å². The molecule has 4 heterocycles. The largest absolute Gasteiger partial charge is 0.394 e. The highest BCUT2D eigenvalue weighted by molar-refractivity contribution is 9.10. The molecule has 0 saturated carbocycles. The van der Waals surface area contributed by atoms with Crippen LogP contribution >= 0.6 is 28.6 Å². The number of nitrogens with zero attached hydrogens (tertiary/aromatic N) is 7. The zero-order chi connectivity index (χ0) is 23.0. The van der Waals surface area contributed by atoms with E-state index >= 15 is 0 Å². The van der Waals surface area contributed by atoms with Crippen molar-refractivity contribution in [2.75, 3.05) is 13.7 Å². The van der Waals surface area contributed by atoms with Gasteiger partial charge in [-0.2, -0.15) is 10.4 Å². The fraction of sp³-hybridized carbons (Fsp3) is 0.421. The molecule has 5 atom stereocenters. The van der Waals surface area contributed by atoms with Gasteiger partial charge in [0.15, 0.2) is 5.82 Å². The highest BCUT2D eigenvalue weighted by Crippen LogP contribution is 2.45. The van der Waals surface area contributed by atoms with E-state index < -0.39 is 35.9 Å². The fourth-order valence-corrected chi connectivity index (χ4v) is 4.89. The fourth-order valence-electron chi connectivity index (χ4n) is 4.05. The van der Waals surface area contributed by atoms with E-state index in [9.17, 15) is 15.5 Å². The Labute approximate surface area is 197 Å². The van der Waals surface area contributed by atoms with Crippen molar-refractivity contribution in [2.24, 2.45) is 0 Å². The number of aliphatic hydroxyl groups is 2. The second-order valence-electron chi connectivity index (χ2n) is 7.26. The summed E-state index contributed by atoms with van der Waals surface area (Å²) in [5.41, 5.74) is -1.31. The molecule has 1 aliphatic rings. The number of hydrogen-bond acceptors (Lipinski definition) is 10. The molecule has 4 rings (SSSR count). The predicted octanol–water partition coefficient (Wildman–Crippen LogP) is 0.568. The molecule has 0 spiro atoms. The van der Waals surface area contributed by atoms with E-state index in [4.69, 9.17) is 9.47 Å². The van der Waals surface area contributed by atoms with Gasteiger partial charge in [-0.15, -0.1) is 17.7 Å². The molecule has 0 bridgehead atoms. The number of halogens is 1. The molecule has 168 valence electrons. The maximum atomic E-state index is 11.5. The van der Waals surface area contributed by atoms with Crippen LogP contribution < -0.4 is 0 Å². The Bertz CT molecular complexity index is 1160. The quantitative estimate of drug-likeness (QED) is 0.410. The second kappa shape index (κ2) is 8.89. The lowest BCUT2D eigenvalue weighted by molar-refractivity contribution is -0.213. The first-order chi connectivity index (χ1) is 15.4. The average Bonchev–Trinajstić information content (AvgIpc) is 3.44. The first-order valence-corrected chi connectivity index (χ1v) is 10.8. The van der Waals surface area contributed by atoms with Crippen LogP contribution in [0.2, 0.25) is 0 Å². The van der Waals surface area contributed by atoms with Gasteiger partial charge < -0.3 is 19.7 Å². The number of pyridine rings is 1. The van der Waals surface area contributed by atoms with E-state index in [-0.39, 0.29) is 5.69 Å². The average molecular weight is 522 g/mol. The van der Waals surface area contributed by atoms with E-state index in [1.165, 1.54) is 22.7 Å².